The number of carbonyl (C=O) groups is 1. The smallest absolute Gasteiger partial charge is 1.00 e. The average Bonchev–Trinajstić information content (AvgIpc) is 1.38. The monoisotopic (exact) mass is 120 g/mol. The van der Waals surface area contributed by atoms with E-state index in [-0.39, 0.29) is 31.8 Å². The number of rotatable bonds is 1. The van der Waals surface area contributed by atoms with E-state index in [1.54, 1.807) is 0 Å². The van der Waals surface area contributed by atoms with Gasteiger partial charge in [0.25, 0.3) is 0 Å². The molecule has 0 aliphatic rings. The summed E-state index contributed by atoms with van der Waals surface area (Å²) in [4.78, 5) is 9.24. The second kappa shape index (κ2) is 5.53. The minimum Gasteiger partial charge on any atom is -1.00 e. The molecule has 0 aliphatic heterocycles. The van der Waals surface area contributed by atoms with Crippen molar-refractivity contribution in [3.8, 4) is 0 Å². The van der Waals surface area contributed by atoms with Crippen LogP contribution >= 0.6 is 11.6 Å². The van der Waals surface area contributed by atoms with Gasteiger partial charge < -0.3 is 7.96 Å². The Labute approximate surface area is 59.6 Å². The number of hydrogen-bond acceptors (Lipinski definition) is 1. The molecule has 0 bridgehead atoms. The zero-order chi connectivity index (χ0) is 4.28. The van der Waals surface area contributed by atoms with E-state index in [0.717, 1.165) is 0 Å². The van der Waals surface area contributed by atoms with Crippen LogP contribution in [0.4, 0.5) is 0 Å². The summed E-state index contributed by atoms with van der Waals surface area (Å²) >= 11 is 4.74. The second-order valence-electron chi connectivity index (χ2n) is 0.527. The molecule has 0 aromatic carbocycles. The number of aliphatic carboxylic acids is 1. The van der Waals surface area contributed by atoms with Gasteiger partial charge in [0, 0.05) is 0 Å². The van der Waals surface area contributed by atoms with E-state index in [4.69, 9.17) is 16.7 Å². The third kappa shape index (κ3) is 8.82. The molecule has 34 valence electrons. The van der Waals surface area contributed by atoms with Crippen molar-refractivity contribution in [2.45, 2.75) is 0 Å². The Balaban J connectivity index is -0.0000000267. The summed E-state index contributed by atoms with van der Waals surface area (Å²) in [5, 5.41) is 7.59. The van der Waals surface area contributed by atoms with Crippen LogP contribution in [0, 0.1) is 0 Å². The van der Waals surface area contributed by atoms with Gasteiger partial charge in [-0.1, -0.05) is 0 Å². The molecule has 4 heteroatoms. The maximum atomic E-state index is 9.24. The molecule has 0 atom stereocenters. The van der Waals surface area contributed by atoms with Gasteiger partial charge in [-0.3, -0.25) is 4.79 Å². The number of carboxylic acids is 1. The first-order valence-electron chi connectivity index (χ1n) is 1.05. The standard InChI is InChI=1S/C2H3ClO2.Mg.2H/c3-1-2(4)5;;;/h1H2,(H,4,5);;;/q;+2;2*-1. The minimum atomic E-state index is -0.980. The van der Waals surface area contributed by atoms with Gasteiger partial charge in [0.2, 0.25) is 0 Å². The molecule has 2 nitrogen and oxygen atoms in total. The van der Waals surface area contributed by atoms with Crippen LogP contribution in [0.3, 0.4) is 0 Å². The molecule has 0 unspecified atom stereocenters. The summed E-state index contributed by atoms with van der Waals surface area (Å²) in [5.41, 5.74) is 0. The van der Waals surface area contributed by atoms with Gasteiger partial charge in [-0.25, -0.2) is 0 Å². The summed E-state index contributed by atoms with van der Waals surface area (Å²) in [6.45, 7) is 0. The zero-order valence-electron chi connectivity index (χ0n) is 5.15. The molecule has 0 fully saturated rings. The summed E-state index contributed by atoms with van der Waals surface area (Å²) in [6, 6.07) is 0. The van der Waals surface area contributed by atoms with Crippen LogP contribution in [0.1, 0.15) is 2.85 Å². The Morgan fingerprint density at radius 1 is 2.00 bits per heavy atom. The summed E-state index contributed by atoms with van der Waals surface area (Å²) < 4.78 is 0. The number of carboxylic acid groups (broad SMARTS) is 1. The topological polar surface area (TPSA) is 37.3 Å². The second-order valence-corrected chi connectivity index (χ2v) is 0.795. The van der Waals surface area contributed by atoms with Gasteiger partial charge >= 0.3 is 29.0 Å². The van der Waals surface area contributed by atoms with Gasteiger partial charge in [-0.2, -0.15) is 0 Å². The Hall–Kier alpha value is 0.526. The van der Waals surface area contributed by atoms with E-state index in [2.05, 4.69) is 0 Å². The quantitative estimate of drug-likeness (QED) is 0.396. The SMILES string of the molecule is O=C(O)CCl.[H-].[H-].[Mg+2]. The Morgan fingerprint density at radius 3 is 2.17 bits per heavy atom. The predicted octanol–water partition coefficient (Wildman–Crippen LogP) is 0.154. The molecule has 6 heavy (non-hydrogen) atoms. The van der Waals surface area contributed by atoms with E-state index in [9.17, 15) is 4.79 Å². The van der Waals surface area contributed by atoms with E-state index >= 15 is 0 Å². The Kier molecular flexibility index (Phi) is 8.96. The van der Waals surface area contributed by atoms with Crippen molar-refractivity contribution in [2.75, 3.05) is 5.88 Å². The minimum absolute atomic E-state index is 0. The van der Waals surface area contributed by atoms with Gasteiger partial charge in [0.1, 0.15) is 5.88 Å². The van der Waals surface area contributed by atoms with Crippen molar-refractivity contribution >= 4 is 40.6 Å². The van der Waals surface area contributed by atoms with Crippen LogP contribution in [0.25, 0.3) is 0 Å². The average molecular weight is 121 g/mol. The van der Waals surface area contributed by atoms with Crippen LogP contribution in [-0.4, -0.2) is 40.0 Å². The van der Waals surface area contributed by atoms with Gasteiger partial charge in [-0.15, -0.1) is 11.6 Å². The van der Waals surface area contributed by atoms with E-state index in [0.29, 0.717) is 0 Å². The van der Waals surface area contributed by atoms with Crippen molar-refractivity contribution in [1.29, 1.82) is 0 Å². The fourth-order valence-corrected chi connectivity index (χ4v) is 0. The Bertz CT molecular complexity index is 53.3. The molecular weight excluding hydrogens is 116 g/mol. The third-order valence-electron chi connectivity index (χ3n) is 0.114. The molecule has 0 aromatic rings. The first-order chi connectivity index (χ1) is 2.27. The zero-order valence-corrected chi connectivity index (χ0v) is 5.32. The molecule has 0 radical (unpaired) electrons. The van der Waals surface area contributed by atoms with Gasteiger partial charge in [0.05, 0.1) is 0 Å². The molecule has 1 N–H and O–H groups in total. The van der Waals surface area contributed by atoms with Gasteiger partial charge in [0.15, 0.2) is 0 Å². The third-order valence-corrected chi connectivity index (χ3v) is 0.343. The molecule has 0 spiro atoms. The number of hydrogen-bond donors (Lipinski definition) is 1. The normalized spacial score (nSPS) is 6.17. The fraction of sp³-hybridized carbons (Fsp3) is 0.500. The number of halogens is 1. The molecule has 0 saturated heterocycles. The summed E-state index contributed by atoms with van der Waals surface area (Å²) in [7, 11) is 0. The molecule has 0 heterocycles. The van der Waals surface area contributed by atoms with Crippen LogP contribution < -0.4 is 0 Å². The first kappa shape index (κ1) is 9.73. The van der Waals surface area contributed by atoms with Crippen LogP contribution in [0.2, 0.25) is 0 Å². The van der Waals surface area contributed by atoms with Crippen molar-refractivity contribution in [3.05, 3.63) is 0 Å². The van der Waals surface area contributed by atoms with E-state index < -0.39 is 5.97 Å². The largest absolute Gasteiger partial charge is 2.00 e. The van der Waals surface area contributed by atoms with Crippen LogP contribution in [0.15, 0.2) is 0 Å². The molecular formula is C2H5ClMgO2. The molecule has 0 aromatic heterocycles. The maximum Gasteiger partial charge on any atom is 2.00 e. The Morgan fingerprint density at radius 2 is 2.17 bits per heavy atom. The molecule has 0 amide bonds. The maximum absolute atomic E-state index is 9.24. The van der Waals surface area contributed by atoms with Crippen LogP contribution in [-0.2, 0) is 4.79 Å². The van der Waals surface area contributed by atoms with Crippen molar-refractivity contribution < 1.29 is 12.8 Å². The molecule has 0 saturated carbocycles. The molecule has 0 rings (SSSR count). The van der Waals surface area contributed by atoms with Crippen LogP contribution in [0.5, 0.6) is 0 Å². The van der Waals surface area contributed by atoms with Crippen molar-refractivity contribution in [2.24, 2.45) is 0 Å². The van der Waals surface area contributed by atoms with Crippen molar-refractivity contribution in [1.82, 2.24) is 0 Å². The van der Waals surface area contributed by atoms with E-state index in [1.165, 1.54) is 0 Å². The summed E-state index contributed by atoms with van der Waals surface area (Å²) in [5.74, 6) is -1.29. The number of alkyl halides is 1. The van der Waals surface area contributed by atoms with E-state index in [1.807, 2.05) is 0 Å². The van der Waals surface area contributed by atoms with Gasteiger partial charge in [-0.05, 0) is 0 Å². The molecule has 0 aliphatic carbocycles. The predicted molar refractivity (Wildman–Crippen MR) is 26.3 cm³/mol. The first-order valence-corrected chi connectivity index (χ1v) is 1.58. The summed E-state index contributed by atoms with van der Waals surface area (Å²) in [6.07, 6.45) is 0. The van der Waals surface area contributed by atoms with Crippen molar-refractivity contribution in [3.63, 3.8) is 0 Å². The fourth-order valence-electron chi connectivity index (χ4n) is 0.